The van der Waals surface area contributed by atoms with Gasteiger partial charge in [-0.3, -0.25) is 9.88 Å². The number of nitrogens with two attached hydrogens (primary N) is 1. The molecule has 0 fully saturated rings. The standard InChI is InChI=1S/C13H21N3O/c1-3-6-16(7-8-17-2)11-13-5-4-12(9-14)10-15-13/h3-5,10H,1,6-9,11,14H2,2H3. The number of nitrogens with zero attached hydrogens (tertiary/aromatic N) is 2. The molecular formula is C13H21N3O. The third-order valence-corrected chi connectivity index (χ3v) is 2.51. The highest BCUT2D eigenvalue weighted by molar-refractivity contribution is 5.13. The molecule has 0 unspecified atom stereocenters. The van der Waals surface area contributed by atoms with E-state index >= 15 is 0 Å². The Labute approximate surface area is 103 Å². The van der Waals surface area contributed by atoms with Gasteiger partial charge in [-0.1, -0.05) is 12.1 Å². The number of ether oxygens (including phenoxy) is 1. The van der Waals surface area contributed by atoms with E-state index in [9.17, 15) is 0 Å². The minimum Gasteiger partial charge on any atom is -0.383 e. The molecule has 0 bridgehead atoms. The van der Waals surface area contributed by atoms with Crippen molar-refractivity contribution in [2.45, 2.75) is 13.1 Å². The van der Waals surface area contributed by atoms with E-state index in [1.54, 1.807) is 7.11 Å². The molecule has 0 atom stereocenters. The molecule has 1 aromatic rings. The second-order valence-electron chi connectivity index (χ2n) is 3.88. The van der Waals surface area contributed by atoms with Crippen LogP contribution in [0.15, 0.2) is 31.0 Å². The Morgan fingerprint density at radius 3 is 2.88 bits per heavy atom. The molecule has 0 saturated carbocycles. The first-order valence-electron chi connectivity index (χ1n) is 5.76. The van der Waals surface area contributed by atoms with Gasteiger partial charge in [0.15, 0.2) is 0 Å². The van der Waals surface area contributed by atoms with Crippen molar-refractivity contribution in [2.24, 2.45) is 5.73 Å². The summed E-state index contributed by atoms with van der Waals surface area (Å²) in [6.07, 6.45) is 3.72. The number of hydrogen-bond acceptors (Lipinski definition) is 4. The van der Waals surface area contributed by atoms with Crippen molar-refractivity contribution < 1.29 is 4.74 Å². The number of rotatable bonds is 8. The molecule has 0 aliphatic heterocycles. The minimum absolute atomic E-state index is 0.535. The van der Waals surface area contributed by atoms with Gasteiger partial charge in [0.1, 0.15) is 0 Å². The summed E-state index contributed by atoms with van der Waals surface area (Å²) in [4.78, 5) is 6.62. The Kier molecular flexibility index (Phi) is 6.47. The number of hydrogen-bond donors (Lipinski definition) is 1. The minimum atomic E-state index is 0.535. The Morgan fingerprint density at radius 1 is 1.53 bits per heavy atom. The van der Waals surface area contributed by atoms with E-state index in [-0.39, 0.29) is 0 Å². The predicted molar refractivity (Wildman–Crippen MR) is 69.5 cm³/mol. The second kappa shape index (κ2) is 7.95. The molecule has 17 heavy (non-hydrogen) atoms. The fraction of sp³-hybridized carbons (Fsp3) is 0.462. The SMILES string of the molecule is C=CCN(CCOC)Cc1ccc(CN)cn1. The van der Waals surface area contributed by atoms with Crippen LogP contribution in [0, 0.1) is 0 Å². The van der Waals surface area contributed by atoms with Gasteiger partial charge in [-0.25, -0.2) is 0 Å². The quantitative estimate of drug-likeness (QED) is 0.687. The van der Waals surface area contributed by atoms with Gasteiger partial charge in [-0.15, -0.1) is 6.58 Å². The normalized spacial score (nSPS) is 10.8. The summed E-state index contributed by atoms with van der Waals surface area (Å²) in [5.74, 6) is 0. The highest BCUT2D eigenvalue weighted by atomic mass is 16.5. The lowest BCUT2D eigenvalue weighted by Crippen LogP contribution is -2.27. The van der Waals surface area contributed by atoms with Gasteiger partial charge in [0.2, 0.25) is 0 Å². The first-order valence-corrected chi connectivity index (χ1v) is 5.76. The lowest BCUT2D eigenvalue weighted by molar-refractivity contribution is 0.150. The van der Waals surface area contributed by atoms with Crippen LogP contribution in [0.1, 0.15) is 11.3 Å². The van der Waals surface area contributed by atoms with Crippen LogP contribution in [0.3, 0.4) is 0 Å². The molecule has 1 aromatic heterocycles. The lowest BCUT2D eigenvalue weighted by Gasteiger charge is -2.19. The summed E-state index contributed by atoms with van der Waals surface area (Å²) >= 11 is 0. The van der Waals surface area contributed by atoms with Gasteiger partial charge in [0, 0.05) is 39.5 Å². The molecule has 0 aromatic carbocycles. The zero-order chi connectivity index (χ0) is 12.5. The zero-order valence-electron chi connectivity index (χ0n) is 10.4. The number of pyridine rings is 1. The molecule has 4 nitrogen and oxygen atoms in total. The first kappa shape index (κ1) is 13.8. The highest BCUT2D eigenvalue weighted by Crippen LogP contribution is 2.03. The van der Waals surface area contributed by atoms with Crippen LogP contribution in [-0.4, -0.2) is 36.7 Å². The summed E-state index contributed by atoms with van der Waals surface area (Å²) in [6, 6.07) is 4.04. The third-order valence-electron chi connectivity index (χ3n) is 2.51. The summed E-state index contributed by atoms with van der Waals surface area (Å²) in [5, 5.41) is 0. The van der Waals surface area contributed by atoms with E-state index < -0.39 is 0 Å². The molecule has 0 spiro atoms. The van der Waals surface area contributed by atoms with E-state index in [1.165, 1.54) is 0 Å². The summed E-state index contributed by atoms with van der Waals surface area (Å²) in [6.45, 7) is 7.53. The smallest absolute Gasteiger partial charge is 0.0589 e. The van der Waals surface area contributed by atoms with Crippen molar-refractivity contribution in [1.29, 1.82) is 0 Å². The second-order valence-corrected chi connectivity index (χ2v) is 3.88. The largest absolute Gasteiger partial charge is 0.383 e. The molecule has 1 rings (SSSR count). The summed E-state index contributed by atoms with van der Waals surface area (Å²) in [5.41, 5.74) is 7.63. The van der Waals surface area contributed by atoms with Crippen LogP contribution in [-0.2, 0) is 17.8 Å². The Morgan fingerprint density at radius 2 is 2.35 bits per heavy atom. The highest BCUT2D eigenvalue weighted by Gasteiger charge is 2.04. The topological polar surface area (TPSA) is 51.4 Å². The fourth-order valence-corrected chi connectivity index (χ4v) is 1.54. The van der Waals surface area contributed by atoms with Crippen molar-refractivity contribution in [3.8, 4) is 0 Å². The van der Waals surface area contributed by atoms with E-state index in [4.69, 9.17) is 10.5 Å². The van der Waals surface area contributed by atoms with Crippen LogP contribution in [0.4, 0.5) is 0 Å². The molecular weight excluding hydrogens is 214 g/mol. The van der Waals surface area contributed by atoms with Crippen molar-refractivity contribution in [3.63, 3.8) is 0 Å². The van der Waals surface area contributed by atoms with Crippen molar-refractivity contribution >= 4 is 0 Å². The average Bonchev–Trinajstić information content (AvgIpc) is 2.37. The zero-order valence-corrected chi connectivity index (χ0v) is 10.4. The van der Waals surface area contributed by atoms with Crippen molar-refractivity contribution in [2.75, 3.05) is 26.8 Å². The maximum Gasteiger partial charge on any atom is 0.0589 e. The molecule has 0 saturated heterocycles. The molecule has 0 aliphatic carbocycles. The van der Waals surface area contributed by atoms with Gasteiger partial charge < -0.3 is 10.5 Å². The monoisotopic (exact) mass is 235 g/mol. The van der Waals surface area contributed by atoms with Gasteiger partial charge in [0.25, 0.3) is 0 Å². The summed E-state index contributed by atoms with van der Waals surface area (Å²) in [7, 11) is 1.71. The predicted octanol–water partition coefficient (Wildman–Crippen LogP) is 1.17. The van der Waals surface area contributed by atoms with Crippen LogP contribution in [0.5, 0.6) is 0 Å². The summed E-state index contributed by atoms with van der Waals surface area (Å²) < 4.78 is 5.08. The van der Waals surface area contributed by atoms with E-state index in [0.29, 0.717) is 13.2 Å². The lowest BCUT2D eigenvalue weighted by atomic mass is 10.2. The molecule has 2 N–H and O–H groups in total. The Hall–Kier alpha value is -1.23. The van der Waals surface area contributed by atoms with Gasteiger partial charge >= 0.3 is 0 Å². The van der Waals surface area contributed by atoms with Gasteiger partial charge in [0.05, 0.1) is 12.3 Å². The first-order chi connectivity index (χ1) is 8.30. The van der Waals surface area contributed by atoms with Gasteiger partial charge in [-0.05, 0) is 11.6 Å². The van der Waals surface area contributed by atoms with E-state index in [0.717, 1.165) is 30.9 Å². The van der Waals surface area contributed by atoms with E-state index in [1.807, 2.05) is 24.4 Å². The van der Waals surface area contributed by atoms with Crippen molar-refractivity contribution in [1.82, 2.24) is 9.88 Å². The Bertz CT molecular complexity index is 324. The average molecular weight is 235 g/mol. The molecule has 0 radical (unpaired) electrons. The third kappa shape index (κ3) is 5.08. The van der Waals surface area contributed by atoms with Gasteiger partial charge in [-0.2, -0.15) is 0 Å². The van der Waals surface area contributed by atoms with Crippen LogP contribution in [0.25, 0.3) is 0 Å². The maximum atomic E-state index is 5.53. The molecule has 94 valence electrons. The van der Waals surface area contributed by atoms with Crippen LogP contribution >= 0.6 is 0 Å². The Balaban J connectivity index is 2.54. The molecule has 4 heteroatoms. The number of methoxy groups -OCH3 is 1. The molecule has 0 amide bonds. The van der Waals surface area contributed by atoms with E-state index in [2.05, 4.69) is 16.5 Å². The number of aromatic nitrogens is 1. The van der Waals surface area contributed by atoms with Crippen LogP contribution in [0.2, 0.25) is 0 Å². The molecule has 0 aliphatic rings. The fourth-order valence-electron chi connectivity index (χ4n) is 1.54. The van der Waals surface area contributed by atoms with Crippen LogP contribution < -0.4 is 5.73 Å². The van der Waals surface area contributed by atoms with Crippen molar-refractivity contribution in [3.05, 3.63) is 42.2 Å². The molecule has 1 heterocycles. The maximum absolute atomic E-state index is 5.53.